The lowest BCUT2D eigenvalue weighted by Crippen LogP contribution is -2.53. The number of nitrogens with two attached hydrogens (primary N) is 1. The van der Waals surface area contributed by atoms with Crippen LogP contribution in [0.25, 0.3) is 10.4 Å². The van der Waals surface area contributed by atoms with Crippen LogP contribution in [0.15, 0.2) is 29.4 Å². The molecule has 0 fully saturated rings. The summed E-state index contributed by atoms with van der Waals surface area (Å²) in [6.45, 7) is 1.01. The van der Waals surface area contributed by atoms with Crippen molar-refractivity contribution in [3.63, 3.8) is 0 Å². The first-order valence-electron chi connectivity index (χ1n) is 7.35. The molecule has 112 valence electrons. The molecule has 0 radical (unpaired) electrons. The van der Waals surface area contributed by atoms with Crippen LogP contribution in [-0.4, -0.2) is 19.0 Å². The molecule has 1 atom stereocenters. The Morgan fingerprint density at radius 2 is 2.24 bits per heavy atom. The third-order valence-electron chi connectivity index (χ3n) is 4.07. The van der Waals surface area contributed by atoms with Crippen molar-refractivity contribution in [3.8, 4) is 0 Å². The fraction of sp³-hybridized carbons (Fsp3) is 0.533. The van der Waals surface area contributed by atoms with Gasteiger partial charge < -0.3 is 5.73 Å². The summed E-state index contributed by atoms with van der Waals surface area (Å²) in [5.41, 5.74) is 15.4. The molecule has 6 heteroatoms. The van der Waals surface area contributed by atoms with Gasteiger partial charge in [0.05, 0.1) is 0 Å². The molecular weight excluding hydrogens is 266 g/mol. The van der Waals surface area contributed by atoms with Crippen molar-refractivity contribution in [1.29, 1.82) is 0 Å². The maximum Gasteiger partial charge on any atom is 0.242 e. The zero-order valence-corrected chi connectivity index (χ0v) is 12.1. The minimum absolute atomic E-state index is 0.333. The first-order valence-corrected chi connectivity index (χ1v) is 7.35. The van der Waals surface area contributed by atoms with Crippen LogP contribution in [0.2, 0.25) is 0 Å². The standard InChI is InChI=1S/C15H21N5O/c16-14(21)15(18-10-5-11-19-20-17)9-4-3-7-12-6-1-2-8-13(12)15/h1-2,6,8,18H,3-5,7,9-11H2,(H2,16,21). The second-order valence-corrected chi connectivity index (χ2v) is 5.37. The first-order chi connectivity index (χ1) is 10.2. The molecule has 1 amide bonds. The number of aryl methyl sites for hydroxylation is 1. The van der Waals surface area contributed by atoms with Gasteiger partial charge in [-0.15, -0.1) is 0 Å². The van der Waals surface area contributed by atoms with Gasteiger partial charge in [-0.1, -0.05) is 35.8 Å². The number of carbonyl (C=O) groups is 1. The van der Waals surface area contributed by atoms with E-state index in [1.807, 2.05) is 18.2 Å². The summed E-state index contributed by atoms with van der Waals surface area (Å²) in [6.07, 6.45) is 4.39. The van der Waals surface area contributed by atoms with Crippen molar-refractivity contribution in [2.24, 2.45) is 10.8 Å². The quantitative estimate of drug-likeness (QED) is 0.276. The van der Waals surface area contributed by atoms with Crippen molar-refractivity contribution in [1.82, 2.24) is 5.32 Å². The van der Waals surface area contributed by atoms with Gasteiger partial charge in [-0.2, -0.15) is 0 Å². The maximum absolute atomic E-state index is 12.2. The number of nitrogens with zero attached hydrogens (tertiary/aromatic N) is 3. The number of carbonyl (C=O) groups excluding carboxylic acids is 1. The Balaban J connectivity index is 2.24. The molecule has 2 rings (SSSR count). The van der Waals surface area contributed by atoms with E-state index >= 15 is 0 Å². The van der Waals surface area contributed by atoms with Crippen molar-refractivity contribution >= 4 is 5.91 Å². The number of benzene rings is 1. The predicted molar refractivity (Wildman–Crippen MR) is 81.5 cm³/mol. The lowest BCUT2D eigenvalue weighted by molar-refractivity contribution is -0.125. The maximum atomic E-state index is 12.2. The summed E-state index contributed by atoms with van der Waals surface area (Å²) in [4.78, 5) is 14.9. The summed E-state index contributed by atoms with van der Waals surface area (Å²) in [5.74, 6) is -0.333. The third-order valence-corrected chi connectivity index (χ3v) is 4.07. The van der Waals surface area contributed by atoms with E-state index in [-0.39, 0.29) is 5.91 Å². The van der Waals surface area contributed by atoms with Gasteiger partial charge in [-0.3, -0.25) is 10.1 Å². The molecule has 21 heavy (non-hydrogen) atoms. The highest BCUT2D eigenvalue weighted by Crippen LogP contribution is 2.34. The lowest BCUT2D eigenvalue weighted by atomic mass is 9.83. The molecule has 1 aliphatic carbocycles. The van der Waals surface area contributed by atoms with Gasteiger partial charge in [0.15, 0.2) is 0 Å². The molecule has 0 spiro atoms. The van der Waals surface area contributed by atoms with Crippen molar-refractivity contribution in [3.05, 3.63) is 45.8 Å². The van der Waals surface area contributed by atoms with Gasteiger partial charge in [0, 0.05) is 11.5 Å². The summed E-state index contributed by atoms with van der Waals surface area (Å²) < 4.78 is 0. The molecule has 0 aromatic heterocycles. The molecule has 0 saturated carbocycles. The van der Waals surface area contributed by atoms with E-state index in [4.69, 9.17) is 11.3 Å². The normalized spacial score (nSPS) is 21.0. The van der Waals surface area contributed by atoms with Gasteiger partial charge in [0.2, 0.25) is 5.91 Å². The SMILES string of the molecule is [N-]=[N+]=NCCCNC1(C(N)=O)CCCCc2ccccc21. The van der Waals surface area contributed by atoms with Gasteiger partial charge in [0.1, 0.15) is 5.54 Å². The third kappa shape index (κ3) is 3.35. The van der Waals surface area contributed by atoms with Gasteiger partial charge in [-0.05, 0) is 48.9 Å². The molecule has 0 bridgehead atoms. The first kappa shape index (κ1) is 15.4. The van der Waals surface area contributed by atoms with E-state index in [2.05, 4.69) is 21.4 Å². The zero-order chi connectivity index (χ0) is 15.1. The molecule has 0 aliphatic heterocycles. The Labute approximate surface area is 124 Å². The molecule has 1 aliphatic rings. The number of hydrogen-bond donors (Lipinski definition) is 2. The second kappa shape index (κ2) is 7.11. The minimum atomic E-state index is -0.802. The van der Waals surface area contributed by atoms with Crippen LogP contribution in [0, 0.1) is 0 Å². The van der Waals surface area contributed by atoms with Crippen molar-refractivity contribution in [2.45, 2.75) is 37.6 Å². The number of rotatable bonds is 6. The largest absolute Gasteiger partial charge is 0.368 e. The summed E-state index contributed by atoms with van der Waals surface area (Å²) in [6, 6.07) is 8.01. The lowest BCUT2D eigenvalue weighted by Gasteiger charge is -2.32. The molecule has 1 aromatic carbocycles. The molecule has 3 N–H and O–H groups in total. The fourth-order valence-electron chi connectivity index (χ4n) is 3.02. The van der Waals surface area contributed by atoms with Crippen LogP contribution in [0.1, 0.15) is 36.8 Å². The summed E-state index contributed by atoms with van der Waals surface area (Å²) in [7, 11) is 0. The van der Waals surface area contributed by atoms with Gasteiger partial charge in [-0.25, -0.2) is 0 Å². The van der Waals surface area contributed by atoms with Gasteiger partial charge in [0.25, 0.3) is 0 Å². The number of azide groups is 1. The molecular formula is C15H21N5O. The Morgan fingerprint density at radius 1 is 1.43 bits per heavy atom. The molecule has 0 heterocycles. The molecule has 1 unspecified atom stereocenters. The minimum Gasteiger partial charge on any atom is -0.368 e. The number of nitrogens with one attached hydrogen (secondary N) is 1. The van der Waals surface area contributed by atoms with E-state index in [0.29, 0.717) is 25.9 Å². The van der Waals surface area contributed by atoms with Crippen LogP contribution in [-0.2, 0) is 16.8 Å². The van der Waals surface area contributed by atoms with Crippen LogP contribution in [0.5, 0.6) is 0 Å². The summed E-state index contributed by atoms with van der Waals surface area (Å²) >= 11 is 0. The van der Waals surface area contributed by atoms with Crippen molar-refractivity contribution < 1.29 is 4.79 Å². The Bertz CT molecular complexity index is 553. The van der Waals surface area contributed by atoms with Crippen LogP contribution in [0.4, 0.5) is 0 Å². The monoisotopic (exact) mass is 287 g/mol. The van der Waals surface area contributed by atoms with E-state index in [1.54, 1.807) is 0 Å². The average Bonchev–Trinajstić information content (AvgIpc) is 2.68. The van der Waals surface area contributed by atoms with Crippen LogP contribution < -0.4 is 11.1 Å². The van der Waals surface area contributed by atoms with Crippen LogP contribution >= 0.6 is 0 Å². The average molecular weight is 287 g/mol. The molecule has 0 saturated heterocycles. The molecule has 1 aromatic rings. The highest BCUT2D eigenvalue weighted by atomic mass is 16.1. The molecule has 6 nitrogen and oxygen atoms in total. The van der Waals surface area contributed by atoms with E-state index in [9.17, 15) is 4.79 Å². The van der Waals surface area contributed by atoms with E-state index in [0.717, 1.165) is 24.8 Å². The number of hydrogen-bond acceptors (Lipinski definition) is 3. The smallest absolute Gasteiger partial charge is 0.242 e. The Morgan fingerprint density at radius 3 is 3.00 bits per heavy atom. The van der Waals surface area contributed by atoms with E-state index < -0.39 is 5.54 Å². The number of primary amides is 1. The van der Waals surface area contributed by atoms with Crippen LogP contribution in [0.3, 0.4) is 0 Å². The summed E-state index contributed by atoms with van der Waals surface area (Å²) in [5, 5.41) is 6.84. The van der Waals surface area contributed by atoms with Gasteiger partial charge >= 0.3 is 0 Å². The Hall–Kier alpha value is -2.04. The zero-order valence-electron chi connectivity index (χ0n) is 12.1. The van der Waals surface area contributed by atoms with E-state index in [1.165, 1.54) is 5.56 Å². The fourth-order valence-corrected chi connectivity index (χ4v) is 3.02. The highest BCUT2D eigenvalue weighted by Gasteiger charge is 2.40. The Kier molecular flexibility index (Phi) is 5.20. The topological polar surface area (TPSA) is 104 Å². The number of amides is 1. The van der Waals surface area contributed by atoms with Crippen molar-refractivity contribution in [2.75, 3.05) is 13.1 Å². The predicted octanol–water partition coefficient (Wildman–Crippen LogP) is 2.38. The second-order valence-electron chi connectivity index (χ2n) is 5.37. The highest BCUT2D eigenvalue weighted by molar-refractivity contribution is 5.86. The number of fused-ring (bicyclic) bond motifs is 1.